The standard InChI is InChI=1S/C21H27N3O3/c1-5-24(6-2)17-13-11-16(12-14-17)22-20(25)21(26)23-18-9-7-8-10-19(18)27-15(3)4/h7-15H,5-6H2,1-4H3,(H,22,25)(H,23,26). The van der Waals surface area contributed by atoms with E-state index < -0.39 is 11.8 Å². The number of carbonyl (C=O) groups excluding carboxylic acids is 2. The molecule has 2 N–H and O–H groups in total. The third-order valence-corrected chi connectivity index (χ3v) is 3.96. The van der Waals surface area contributed by atoms with Crippen LogP contribution in [0.2, 0.25) is 0 Å². The Morgan fingerprint density at radius 2 is 1.52 bits per heavy atom. The third-order valence-electron chi connectivity index (χ3n) is 3.96. The largest absolute Gasteiger partial charge is 0.489 e. The molecule has 0 saturated heterocycles. The molecular weight excluding hydrogens is 342 g/mol. The van der Waals surface area contributed by atoms with Gasteiger partial charge in [0, 0.05) is 24.5 Å². The average Bonchev–Trinajstić information content (AvgIpc) is 2.65. The Morgan fingerprint density at radius 3 is 2.11 bits per heavy atom. The Balaban J connectivity index is 2.01. The van der Waals surface area contributed by atoms with Gasteiger partial charge in [0.15, 0.2) is 0 Å². The van der Waals surface area contributed by atoms with Crippen LogP contribution in [0.25, 0.3) is 0 Å². The van der Waals surface area contributed by atoms with Gasteiger partial charge in [0.25, 0.3) is 0 Å². The molecule has 0 aliphatic carbocycles. The summed E-state index contributed by atoms with van der Waals surface area (Å²) in [6.07, 6.45) is -0.0406. The van der Waals surface area contributed by atoms with Crippen molar-refractivity contribution in [2.75, 3.05) is 28.6 Å². The quantitative estimate of drug-likeness (QED) is 0.726. The van der Waals surface area contributed by atoms with Crippen molar-refractivity contribution in [2.45, 2.75) is 33.8 Å². The van der Waals surface area contributed by atoms with Gasteiger partial charge in [0.05, 0.1) is 11.8 Å². The molecule has 0 aromatic heterocycles. The van der Waals surface area contributed by atoms with Gasteiger partial charge in [0.1, 0.15) is 5.75 Å². The molecule has 0 unspecified atom stereocenters. The van der Waals surface area contributed by atoms with Crippen LogP contribution in [0.5, 0.6) is 5.75 Å². The predicted octanol–water partition coefficient (Wildman–Crippen LogP) is 3.90. The summed E-state index contributed by atoms with van der Waals surface area (Å²) in [5.74, 6) is -0.954. The van der Waals surface area contributed by atoms with Crippen LogP contribution < -0.4 is 20.3 Å². The Kier molecular flexibility index (Phi) is 7.23. The lowest BCUT2D eigenvalue weighted by Crippen LogP contribution is -2.29. The van der Waals surface area contributed by atoms with Gasteiger partial charge in [-0.2, -0.15) is 0 Å². The van der Waals surface area contributed by atoms with Crippen LogP contribution in [0.15, 0.2) is 48.5 Å². The molecule has 2 amide bonds. The number of nitrogens with one attached hydrogen (secondary N) is 2. The van der Waals surface area contributed by atoms with Gasteiger partial charge in [0.2, 0.25) is 0 Å². The number of amides is 2. The summed E-state index contributed by atoms with van der Waals surface area (Å²) in [6, 6.07) is 14.4. The fraction of sp³-hybridized carbons (Fsp3) is 0.333. The number of hydrogen-bond donors (Lipinski definition) is 2. The first-order chi connectivity index (χ1) is 12.9. The maximum absolute atomic E-state index is 12.2. The Hall–Kier alpha value is -3.02. The molecule has 0 bridgehead atoms. The van der Waals surface area contributed by atoms with Crippen molar-refractivity contribution >= 4 is 28.9 Å². The minimum absolute atomic E-state index is 0.0406. The number of ether oxygens (including phenoxy) is 1. The molecule has 144 valence electrons. The zero-order chi connectivity index (χ0) is 19.8. The van der Waals surface area contributed by atoms with Crippen molar-refractivity contribution < 1.29 is 14.3 Å². The van der Waals surface area contributed by atoms with E-state index in [1.165, 1.54) is 0 Å². The highest BCUT2D eigenvalue weighted by atomic mass is 16.5. The molecule has 0 spiro atoms. The monoisotopic (exact) mass is 369 g/mol. The first kappa shape index (κ1) is 20.3. The first-order valence-electron chi connectivity index (χ1n) is 9.17. The van der Waals surface area contributed by atoms with Crippen molar-refractivity contribution in [1.29, 1.82) is 0 Å². The second-order valence-electron chi connectivity index (χ2n) is 6.29. The van der Waals surface area contributed by atoms with E-state index in [4.69, 9.17) is 4.74 Å². The highest BCUT2D eigenvalue weighted by molar-refractivity contribution is 6.43. The number of para-hydroxylation sites is 2. The Bertz CT molecular complexity index is 768. The topological polar surface area (TPSA) is 70.7 Å². The molecule has 2 rings (SSSR count). The summed E-state index contributed by atoms with van der Waals surface area (Å²) in [5, 5.41) is 5.21. The van der Waals surface area contributed by atoms with Gasteiger partial charge in [-0.25, -0.2) is 0 Å². The maximum Gasteiger partial charge on any atom is 0.314 e. The van der Waals surface area contributed by atoms with Gasteiger partial charge >= 0.3 is 11.8 Å². The van der Waals surface area contributed by atoms with E-state index in [9.17, 15) is 9.59 Å². The molecule has 0 fully saturated rings. The SMILES string of the molecule is CCN(CC)c1ccc(NC(=O)C(=O)Nc2ccccc2OC(C)C)cc1. The predicted molar refractivity (Wildman–Crippen MR) is 109 cm³/mol. The molecule has 0 saturated carbocycles. The van der Waals surface area contributed by atoms with Gasteiger partial charge in [-0.05, 0) is 64.1 Å². The third kappa shape index (κ3) is 5.74. The van der Waals surface area contributed by atoms with E-state index in [0.29, 0.717) is 17.1 Å². The lowest BCUT2D eigenvalue weighted by Gasteiger charge is -2.21. The lowest BCUT2D eigenvalue weighted by atomic mass is 10.2. The first-order valence-corrected chi connectivity index (χ1v) is 9.17. The summed E-state index contributed by atoms with van der Waals surface area (Å²) >= 11 is 0. The van der Waals surface area contributed by atoms with Gasteiger partial charge in [-0.3, -0.25) is 9.59 Å². The normalized spacial score (nSPS) is 10.4. The van der Waals surface area contributed by atoms with Gasteiger partial charge < -0.3 is 20.3 Å². The van der Waals surface area contributed by atoms with Crippen LogP contribution >= 0.6 is 0 Å². The van der Waals surface area contributed by atoms with Crippen LogP contribution in [0.3, 0.4) is 0 Å². The molecule has 0 aliphatic rings. The minimum atomic E-state index is -0.748. The molecule has 0 atom stereocenters. The van der Waals surface area contributed by atoms with Crippen LogP contribution in [-0.4, -0.2) is 31.0 Å². The molecule has 2 aromatic carbocycles. The van der Waals surface area contributed by atoms with Gasteiger partial charge in [-0.1, -0.05) is 12.1 Å². The number of benzene rings is 2. The van der Waals surface area contributed by atoms with Gasteiger partial charge in [-0.15, -0.1) is 0 Å². The molecule has 0 heterocycles. The van der Waals surface area contributed by atoms with Crippen molar-refractivity contribution in [1.82, 2.24) is 0 Å². The average molecular weight is 369 g/mol. The zero-order valence-electron chi connectivity index (χ0n) is 16.3. The summed E-state index contributed by atoms with van der Waals surface area (Å²) in [7, 11) is 0. The minimum Gasteiger partial charge on any atom is -0.489 e. The van der Waals surface area contributed by atoms with E-state index in [0.717, 1.165) is 18.8 Å². The molecule has 0 radical (unpaired) electrons. The number of nitrogens with zero attached hydrogens (tertiary/aromatic N) is 1. The molecule has 6 heteroatoms. The molecule has 6 nitrogen and oxygen atoms in total. The second-order valence-corrected chi connectivity index (χ2v) is 6.29. The fourth-order valence-electron chi connectivity index (χ4n) is 2.64. The van der Waals surface area contributed by atoms with Crippen LogP contribution in [0.4, 0.5) is 17.1 Å². The summed E-state index contributed by atoms with van der Waals surface area (Å²) in [5.41, 5.74) is 2.10. The lowest BCUT2D eigenvalue weighted by molar-refractivity contribution is -0.133. The van der Waals surface area contributed by atoms with E-state index in [1.807, 2.05) is 32.0 Å². The molecule has 0 aliphatic heterocycles. The zero-order valence-corrected chi connectivity index (χ0v) is 16.3. The maximum atomic E-state index is 12.2. The van der Waals surface area contributed by atoms with Crippen molar-refractivity contribution in [3.8, 4) is 5.75 Å². The van der Waals surface area contributed by atoms with Crippen molar-refractivity contribution in [3.63, 3.8) is 0 Å². The smallest absolute Gasteiger partial charge is 0.314 e. The van der Waals surface area contributed by atoms with E-state index >= 15 is 0 Å². The summed E-state index contributed by atoms with van der Waals surface area (Å²) < 4.78 is 5.65. The fourth-order valence-corrected chi connectivity index (χ4v) is 2.64. The van der Waals surface area contributed by atoms with Crippen molar-refractivity contribution in [2.24, 2.45) is 0 Å². The van der Waals surface area contributed by atoms with Crippen LogP contribution in [-0.2, 0) is 9.59 Å². The highest BCUT2D eigenvalue weighted by Crippen LogP contribution is 2.25. The number of anilines is 3. The summed E-state index contributed by atoms with van der Waals surface area (Å²) in [4.78, 5) is 26.6. The highest BCUT2D eigenvalue weighted by Gasteiger charge is 2.16. The summed E-state index contributed by atoms with van der Waals surface area (Å²) in [6.45, 7) is 9.78. The number of hydrogen-bond acceptors (Lipinski definition) is 4. The van der Waals surface area contributed by atoms with E-state index in [1.54, 1.807) is 30.3 Å². The Morgan fingerprint density at radius 1 is 0.926 bits per heavy atom. The Labute approximate surface area is 160 Å². The van der Waals surface area contributed by atoms with Crippen LogP contribution in [0, 0.1) is 0 Å². The van der Waals surface area contributed by atoms with Crippen molar-refractivity contribution in [3.05, 3.63) is 48.5 Å². The van der Waals surface area contributed by atoms with Crippen LogP contribution in [0.1, 0.15) is 27.7 Å². The second kappa shape index (κ2) is 9.62. The number of carbonyl (C=O) groups is 2. The molecule has 27 heavy (non-hydrogen) atoms. The molecular formula is C21H27N3O3. The molecule has 2 aromatic rings. The van der Waals surface area contributed by atoms with E-state index in [-0.39, 0.29) is 6.10 Å². The number of rotatable bonds is 7. The van der Waals surface area contributed by atoms with E-state index in [2.05, 4.69) is 29.4 Å².